The number of hydrogen-bond donors (Lipinski definition) is 0. The van der Waals surface area contributed by atoms with Crippen molar-refractivity contribution in [2.75, 3.05) is 20.8 Å². The number of para-hydroxylation sites is 1. The third-order valence-electron chi connectivity index (χ3n) is 2.40. The van der Waals surface area contributed by atoms with Gasteiger partial charge >= 0.3 is 33.9 Å². The van der Waals surface area contributed by atoms with Gasteiger partial charge in [0.25, 0.3) is 0 Å². The van der Waals surface area contributed by atoms with Gasteiger partial charge in [-0.25, -0.2) is 0 Å². The molecule has 7 heteroatoms. The summed E-state index contributed by atoms with van der Waals surface area (Å²) in [5.74, 6) is 0.783. The van der Waals surface area contributed by atoms with Gasteiger partial charge in [0.1, 0.15) is 5.75 Å². The largest absolute Gasteiger partial charge is 0 e. The first-order valence-electron chi connectivity index (χ1n) is 6.33. The van der Waals surface area contributed by atoms with Crippen molar-refractivity contribution in [3.8, 4) is 5.75 Å². The van der Waals surface area contributed by atoms with Gasteiger partial charge in [0, 0.05) is 30.0 Å². The van der Waals surface area contributed by atoms with E-state index in [0.29, 0.717) is 6.61 Å². The van der Waals surface area contributed by atoms with Crippen LogP contribution >= 0.6 is 0 Å². The van der Waals surface area contributed by atoms with Crippen LogP contribution in [0.25, 0.3) is 0 Å². The molecule has 1 rings (SSSR count). The zero-order chi connectivity index (χ0) is 18.5. The maximum atomic E-state index is 7.50. The minimum atomic E-state index is -0.378. The first-order chi connectivity index (χ1) is 11.3. The molecule has 0 unspecified atom stereocenters. The fourth-order valence-electron chi connectivity index (χ4n) is 1.56. The van der Waals surface area contributed by atoms with Crippen LogP contribution in [-0.4, -0.2) is 20.8 Å². The second kappa shape index (κ2) is 26.3. The maximum Gasteiger partial charge on any atom is 0 e. The smallest absolute Gasteiger partial charge is 0 e. The van der Waals surface area contributed by atoms with Gasteiger partial charge in [0.15, 0.2) is 6.29 Å². The summed E-state index contributed by atoms with van der Waals surface area (Å²) in [6, 6.07) is 7.72. The Bertz CT molecular complexity index is 453. The fraction of sp³-hybridized carbons (Fsp3) is 0.353. The second-order valence-corrected chi connectivity index (χ2v) is 3.54. The standard InChI is InChI=1S/C14H20O3.3CO.Cr/c1-4-5-8-11-17-14(16-3)12-9-6-7-10-13(12)15-2;3*1-2;/h4-7,9-10,14H,8,11H2,1-3H3;;;;/b5-4+;;;;/t14-;;;;/m1..../s1. The van der Waals surface area contributed by atoms with E-state index in [-0.39, 0.29) is 23.7 Å². The predicted molar refractivity (Wildman–Crippen MR) is 79.9 cm³/mol. The first-order valence-corrected chi connectivity index (χ1v) is 6.33. The maximum absolute atomic E-state index is 7.50. The fourth-order valence-corrected chi connectivity index (χ4v) is 1.56. The van der Waals surface area contributed by atoms with E-state index < -0.39 is 0 Å². The molecule has 130 valence electrons. The molecular formula is C17H20CrO6. The molecule has 0 heterocycles. The van der Waals surface area contributed by atoms with Crippen molar-refractivity contribution < 1.29 is 45.5 Å². The van der Waals surface area contributed by atoms with Gasteiger partial charge in [-0.15, -0.1) is 0 Å². The van der Waals surface area contributed by atoms with E-state index in [1.165, 1.54) is 0 Å². The molecule has 0 aliphatic carbocycles. The van der Waals surface area contributed by atoms with Crippen molar-refractivity contribution in [2.24, 2.45) is 0 Å². The van der Waals surface area contributed by atoms with Crippen LogP contribution in [0.15, 0.2) is 36.4 Å². The molecule has 0 spiro atoms. The molecule has 1 aromatic carbocycles. The Balaban J connectivity index is -0.000000256. The summed E-state index contributed by atoms with van der Waals surface area (Å²) < 4.78 is 38.8. The summed E-state index contributed by atoms with van der Waals surface area (Å²) in [5.41, 5.74) is 0.915. The summed E-state index contributed by atoms with van der Waals surface area (Å²) in [6.07, 6.45) is 4.57. The van der Waals surface area contributed by atoms with Crippen molar-refractivity contribution in [1.82, 2.24) is 0 Å². The van der Waals surface area contributed by atoms with Crippen LogP contribution in [0.3, 0.4) is 0 Å². The number of allylic oxidation sites excluding steroid dienone is 1. The van der Waals surface area contributed by atoms with Gasteiger partial charge in [-0.3, -0.25) is 0 Å². The predicted octanol–water partition coefficient (Wildman–Crippen LogP) is 3.21. The molecule has 0 radical (unpaired) electrons. The van der Waals surface area contributed by atoms with E-state index >= 15 is 0 Å². The summed E-state index contributed by atoms with van der Waals surface area (Å²) in [6.45, 7) is 16.1. The molecule has 0 saturated carbocycles. The van der Waals surface area contributed by atoms with Crippen LogP contribution < -0.4 is 4.74 Å². The summed E-state index contributed by atoms with van der Waals surface area (Å²) >= 11 is 0. The van der Waals surface area contributed by atoms with E-state index in [9.17, 15) is 0 Å². The number of rotatable bonds is 7. The van der Waals surface area contributed by atoms with E-state index in [0.717, 1.165) is 17.7 Å². The van der Waals surface area contributed by atoms with Crippen molar-refractivity contribution >= 4 is 0 Å². The molecule has 1 aromatic rings. The SMILES string of the molecule is C/C=C/CCO[C@@H](OC)c1ccccc1OC.[C-]#[O+].[C-]#[O+].[C-]#[O+].[Cr]. The Morgan fingerprint density at radius 2 is 1.58 bits per heavy atom. The number of benzene rings is 1. The third-order valence-corrected chi connectivity index (χ3v) is 2.40. The average Bonchev–Trinajstić information content (AvgIpc) is 2.67. The van der Waals surface area contributed by atoms with Crippen molar-refractivity contribution in [2.45, 2.75) is 19.6 Å². The summed E-state index contributed by atoms with van der Waals surface area (Å²) in [5, 5.41) is 0. The Labute approximate surface area is 154 Å². The Hall–Kier alpha value is -1.57. The van der Waals surface area contributed by atoms with E-state index in [4.69, 9.17) is 28.2 Å². The Morgan fingerprint density at radius 1 is 1.04 bits per heavy atom. The molecule has 0 N–H and O–H groups in total. The average molecular weight is 372 g/mol. The van der Waals surface area contributed by atoms with Gasteiger partial charge in [-0.2, -0.15) is 0 Å². The van der Waals surface area contributed by atoms with E-state index in [1.54, 1.807) is 14.2 Å². The molecule has 0 saturated heterocycles. The van der Waals surface area contributed by atoms with Crippen LogP contribution in [-0.2, 0) is 40.8 Å². The number of ether oxygens (including phenoxy) is 3. The quantitative estimate of drug-likeness (QED) is 0.242. The monoisotopic (exact) mass is 372 g/mol. The molecular weight excluding hydrogens is 352 g/mol. The second-order valence-electron chi connectivity index (χ2n) is 3.54. The summed E-state index contributed by atoms with van der Waals surface area (Å²) in [4.78, 5) is 0. The van der Waals surface area contributed by atoms with Crippen molar-refractivity contribution in [3.05, 3.63) is 61.9 Å². The summed E-state index contributed by atoms with van der Waals surface area (Å²) in [7, 11) is 3.28. The van der Waals surface area contributed by atoms with Crippen LogP contribution in [0.4, 0.5) is 0 Å². The number of methoxy groups -OCH3 is 2. The zero-order valence-electron chi connectivity index (χ0n) is 13.8. The normalized spacial score (nSPS) is 9.38. The third kappa shape index (κ3) is 14.1. The molecule has 0 bridgehead atoms. The van der Waals surface area contributed by atoms with E-state index in [1.807, 2.05) is 37.3 Å². The van der Waals surface area contributed by atoms with Gasteiger partial charge < -0.3 is 14.2 Å². The Kier molecular flexibility index (Phi) is 33.3. The zero-order valence-corrected chi connectivity index (χ0v) is 15.1. The first kappa shape index (κ1) is 30.3. The molecule has 0 aromatic heterocycles. The number of hydrogen-bond acceptors (Lipinski definition) is 3. The van der Waals surface area contributed by atoms with E-state index in [2.05, 4.69) is 26.0 Å². The molecule has 1 atom stereocenters. The molecule has 0 amide bonds. The van der Waals surface area contributed by atoms with Gasteiger partial charge in [-0.05, 0) is 19.4 Å². The minimum absolute atomic E-state index is 0. The molecule has 0 aliphatic rings. The Morgan fingerprint density at radius 3 is 2.04 bits per heavy atom. The van der Waals surface area contributed by atoms with Gasteiger partial charge in [0.05, 0.1) is 13.7 Å². The van der Waals surface area contributed by atoms with Crippen molar-refractivity contribution in [1.29, 1.82) is 0 Å². The van der Waals surface area contributed by atoms with Crippen LogP contribution in [0.5, 0.6) is 5.75 Å². The topological polar surface area (TPSA) is 87.4 Å². The van der Waals surface area contributed by atoms with Crippen LogP contribution in [0.1, 0.15) is 25.2 Å². The minimum Gasteiger partial charge on any atom is 0 e. The van der Waals surface area contributed by atoms with Crippen molar-refractivity contribution in [3.63, 3.8) is 0 Å². The van der Waals surface area contributed by atoms with Gasteiger partial charge in [-0.1, -0.05) is 30.4 Å². The van der Waals surface area contributed by atoms with Crippen LogP contribution in [0.2, 0.25) is 0 Å². The molecule has 24 heavy (non-hydrogen) atoms. The van der Waals surface area contributed by atoms with Gasteiger partial charge in [0.2, 0.25) is 0 Å². The van der Waals surface area contributed by atoms with Crippen LogP contribution in [0, 0.1) is 20.0 Å². The molecule has 0 aliphatic heterocycles. The molecule has 6 nitrogen and oxygen atoms in total. The molecule has 0 fully saturated rings.